The van der Waals surface area contributed by atoms with Crippen molar-refractivity contribution in [2.45, 2.75) is 60.6 Å². The van der Waals surface area contributed by atoms with Crippen LogP contribution in [0.15, 0.2) is 28.6 Å². The predicted molar refractivity (Wildman–Crippen MR) is 96.3 cm³/mol. The zero-order valence-electron chi connectivity index (χ0n) is 15.0. The molecule has 4 nitrogen and oxygen atoms in total. The quantitative estimate of drug-likeness (QED) is 0.206. The van der Waals surface area contributed by atoms with Crippen molar-refractivity contribution in [1.29, 1.82) is 0 Å². The van der Waals surface area contributed by atoms with Crippen molar-refractivity contribution < 1.29 is 9.53 Å². The van der Waals surface area contributed by atoms with Crippen LogP contribution in [0.1, 0.15) is 47.0 Å². The van der Waals surface area contributed by atoms with Gasteiger partial charge in [-0.1, -0.05) is 33.9 Å². The maximum Gasteiger partial charge on any atom is 0.244 e. The molecule has 0 heterocycles. The fourth-order valence-corrected chi connectivity index (χ4v) is 2.01. The molecule has 0 aromatic heterocycles. The van der Waals surface area contributed by atoms with Gasteiger partial charge in [-0.3, -0.25) is 4.99 Å². The number of aldehydes is 1. The van der Waals surface area contributed by atoms with Crippen molar-refractivity contribution in [3.8, 4) is 0 Å². The highest BCUT2D eigenvalue weighted by atomic mass is 16.5. The van der Waals surface area contributed by atoms with Crippen LogP contribution in [0.2, 0.25) is 13.6 Å². The van der Waals surface area contributed by atoms with Crippen LogP contribution in [0.5, 0.6) is 0 Å². The van der Waals surface area contributed by atoms with Gasteiger partial charge in [-0.25, -0.2) is 0 Å². The number of nitrogens with zero attached hydrogens (tertiary/aromatic N) is 1. The van der Waals surface area contributed by atoms with Gasteiger partial charge in [0.1, 0.15) is 6.29 Å². The van der Waals surface area contributed by atoms with Gasteiger partial charge in [0, 0.05) is 12.1 Å². The van der Waals surface area contributed by atoms with E-state index in [1.807, 2.05) is 32.9 Å². The number of aliphatic imine (C=N–C) groups is 1. The van der Waals surface area contributed by atoms with Crippen molar-refractivity contribution in [3.05, 3.63) is 23.6 Å². The summed E-state index contributed by atoms with van der Waals surface area (Å²) in [6.45, 7) is 12.9. The number of rotatable bonds is 11. The van der Waals surface area contributed by atoms with E-state index in [1.54, 1.807) is 0 Å². The SMILES string of the molecule is CCCC(C=O)/C(C)=N\CO/C(=C/C=C(\C)NB(C)C)CC. The van der Waals surface area contributed by atoms with E-state index in [9.17, 15) is 4.79 Å². The molecule has 0 aromatic rings. The average Bonchev–Trinajstić information content (AvgIpc) is 2.47. The molecule has 0 rings (SSSR count). The lowest BCUT2D eigenvalue weighted by atomic mass is 9.68. The summed E-state index contributed by atoms with van der Waals surface area (Å²) < 4.78 is 5.68. The molecule has 0 saturated carbocycles. The van der Waals surface area contributed by atoms with E-state index in [0.29, 0.717) is 6.85 Å². The van der Waals surface area contributed by atoms with Crippen LogP contribution < -0.4 is 5.23 Å². The third-order valence-electron chi connectivity index (χ3n) is 3.25. The second-order valence-corrected chi connectivity index (χ2v) is 5.74. The molecular formula is C17H31BN2O2. The zero-order valence-corrected chi connectivity index (χ0v) is 15.0. The molecule has 0 aliphatic heterocycles. The van der Waals surface area contributed by atoms with Crippen LogP contribution >= 0.6 is 0 Å². The smallest absolute Gasteiger partial charge is 0.244 e. The topological polar surface area (TPSA) is 50.7 Å². The molecule has 124 valence electrons. The highest BCUT2D eigenvalue weighted by Gasteiger charge is 2.09. The van der Waals surface area contributed by atoms with E-state index in [2.05, 4.69) is 30.8 Å². The van der Waals surface area contributed by atoms with Gasteiger partial charge in [0.15, 0.2) is 6.73 Å². The van der Waals surface area contributed by atoms with Crippen LogP contribution in [-0.4, -0.2) is 25.6 Å². The van der Waals surface area contributed by atoms with Crippen LogP contribution in [-0.2, 0) is 9.53 Å². The molecule has 0 fully saturated rings. The van der Waals surface area contributed by atoms with E-state index in [0.717, 1.165) is 42.7 Å². The summed E-state index contributed by atoms with van der Waals surface area (Å²) in [5.74, 6) is 0.805. The second-order valence-electron chi connectivity index (χ2n) is 5.74. The molecule has 1 N–H and O–H groups in total. The first-order valence-electron chi connectivity index (χ1n) is 8.17. The van der Waals surface area contributed by atoms with Gasteiger partial charge < -0.3 is 14.8 Å². The van der Waals surface area contributed by atoms with Gasteiger partial charge in [0.05, 0.1) is 11.7 Å². The first-order chi connectivity index (χ1) is 10.4. The van der Waals surface area contributed by atoms with Gasteiger partial charge in [-0.2, -0.15) is 0 Å². The Bertz CT molecular complexity index is 415. The number of carbonyl (C=O) groups is 1. The monoisotopic (exact) mass is 306 g/mol. The molecule has 22 heavy (non-hydrogen) atoms. The summed E-state index contributed by atoms with van der Waals surface area (Å²) in [6.07, 6.45) is 7.59. The molecule has 5 heteroatoms. The lowest BCUT2D eigenvalue weighted by molar-refractivity contribution is -0.109. The van der Waals surface area contributed by atoms with Crippen LogP contribution in [0, 0.1) is 5.92 Å². The van der Waals surface area contributed by atoms with E-state index >= 15 is 0 Å². The highest BCUT2D eigenvalue weighted by Crippen LogP contribution is 2.08. The van der Waals surface area contributed by atoms with E-state index in [-0.39, 0.29) is 12.6 Å². The van der Waals surface area contributed by atoms with Crippen LogP contribution in [0.25, 0.3) is 0 Å². The van der Waals surface area contributed by atoms with E-state index < -0.39 is 0 Å². The lowest BCUT2D eigenvalue weighted by Gasteiger charge is -2.10. The number of carbonyl (C=O) groups excluding carboxylic acids is 1. The van der Waals surface area contributed by atoms with Gasteiger partial charge in [0.2, 0.25) is 6.85 Å². The molecule has 0 aliphatic carbocycles. The molecule has 1 unspecified atom stereocenters. The maximum absolute atomic E-state index is 11.0. The minimum atomic E-state index is -0.0833. The van der Waals surface area contributed by atoms with Gasteiger partial charge in [-0.15, -0.1) is 0 Å². The molecule has 0 radical (unpaired) electrons. The third kappa shape index (κ3) is 9.43. The van der Waals surface area contributed by atoms with Crippen LogP contribution in [0.4, 0.5) is 0 Å². The Hall–Kier alpha value is -1.52. The summed E-state index contributed by atoms with van der Waals surface area (Å²) in [5, 5.41) is 3.33. The summed E-state index contributed by atoms with van der Waals surface area (Å²) in [7, 11) is 0. The largest absolute Gasteiger partial charge is 0.476 e. The van der Waals surface area contributed by atoms with Gasteiger partial charge in [-0.05, 0) is 38.1 Å². The predicted octanol–water partition coefficient (Wildman–Crippen LogP) is 4.08. The minimum absolute atomic E-state index is 0.0833. The fraction of sp³-hybridized carbons (Fsp3) is 0.647. The van der Waals surface area contributed by atoms with Crippen molar-refractivity contribution in [1.82, 2.24) is 5.23 Å². The summed E-state index contributed by atoms with van der Waals surface area (Å²) in [6, 6.07) is 0. The standard InChI is InChI=1S/C17H31BN2O2/c1-7-9-16(12-21)15(4)19-13-22-17(8-2)11-10-14(3)20-18(5)6/h10-12,16,20H,7-9,13H2,1-6H3/b14-10+,17-11+,19-15-. The number of allylic oxidation sites excluding steroid dienone is 4. The lowest BCUT2D eigenvalue weighted by Crippen LogP contribution is -2.24. The Labute approximate surface area is 136 Å². The molecule has 1 atom stereocenters. The van der Waals surface area contributed by atoms with Gasteiger partial charge in [0.25, 0.3) is 0 Å². The van der Waals surface area contributed by atoms with Crippen molar-refractivity contribution in [2.24, 2.45) is 10.9 Å². The second kappa shape index (κ2) is 12.1. The van der Waals surface area contributed by atoms with E-state index in [1.165, 1.54) is 0 Å². The Kier molecular flexibility index (Phi) is 11.2. The Morgan fingerprint density at radius 1 is 1.27 bits per heavy atom. The molecule has 0 saturated heterocycles. The molecular weight excluding hydrogens is 275 g/mol. The van der Waals surface area contributed by atoms with Crippen molar-refractivity contribution in [2.75, 3.05) is 6.73 Å². The highest BCUT2D eigenvalue weighted by molar-refractivity contribution is 6.53. The number of hydrogen-bond donors (Lipinski definition) is 1. The minimum Gasteiger partial charge on any atom is -0.476 e. The fourth-order valence-electron chi connectivity index (χ4n) is 2.01. The summed E-state index contributed by atoms with van der Waals surface area (Å²) >= 11 is 0. The summed E-state index contributed by atoms with van der Waals surface area (Å²) in [4.78, 5) is 15.4. The first kappa shape index (κ1) is 20.5. The molecule has 0 bridgehead atoms. The first-order valence-corrected chi connectivity index (χ1v) is 8.17. The van der Waals surface area contributed by atoms with Crippen LogP contribution in [0.3, 0.4) is 0 Å². The number of hydrogen-bond acceptors (Lipinski definition) is 4. The number of ether oxygens (including phenoxy) is 1. The Morgan fingerprint density at radius 3 is 2.45 bits per heavy atom. The molecule has 0 aliphatic rings. The normalized spacial score (nSPS) is 14.5. The van der Waals surface area contributed by atoms with Crippen molar-refractivity contribution in [3.63, 3.8) is 0 Å². The third-order valence-corrected chi connectivity index (χ3v) is 3.25. The molecule has 0 aromatic carbocycles. The van der Waals surface area contributed by atoms with E-state index in [4.69, 9.17) is 4.74 Å². The summed E-state index contributed by atoms with van der Waals surface area (Å²) in [5.41, 5.74) is 1.95. The maximum atomic E-state index is 11.0. The number of nitrogens with one attached hydrogen (secondary N) is 1. The molecule has 0 spiro atoms. The average molecular weight is 306 g/mol. The molecule has 0 amide bonds. The Balaban J connectivity index is 4.54. The zero-order chi connectivity index (χ0) is 17.0. The van der Waals surface area contributed by atoms with Gasteiger partial charge >= 0.3 is 0 Å². The van der Waals surface area contributed by atoms with Crippen molar-refractivity contribution >= 4 is 18.8 Å². The Morgan fingerprint density at radius 2 is 1.95 bits per heavy atom.